The first-order valence-corrected chi connectivity index (χ1v) is 4.05. The van der Waals surface area contributed by atoms with Crippen LogP contribution in [0.15, 0.2) is 24.5 Å². The number of aromatic nitrogens is 2. The molecule has 0 fully saturated rings. The van der Waals surface area contributed by atoms with Crippen molar-refractivity contribution in [3.63, 3.8) is 0 Å². The Kier molecular flexibility index (Phi) is 2.68. The molecule has 1 aromatic rings. The summed E-state index contributed by atoms with van der Waals surface area (Å²) in [6, 6.07) is 1.57. The van der Waals surface area contributed by atoms with Crippen molar-refractivity contribution in [2.45, 2.75) is 0 Å². The van der Waals surface area contributed by atoms with E-state index in [2.05, 4.69) is 15.6 Å². The quantitative estimate of drug-likeness (QED) is 0.537. The molecular formula is C6H9BN4O3. The van der Waals surface area contributed by atoms with Crippen LogP contribution in [0.5, 0.6) is 5.88 Å². The maximum atomic E-state index is 9.27. The lowest BCUT2D eigenvalue weighted by Crippen LogP contribution is -2.39. The summed E-state index contributed by atoms with van der Waals surface area (Å²) < 4.78 is 9.79. The monoisotopic (exact) mass is 196 g/mol. The van der Waals surface area contributed by atoms with Crippen LogP contribution in [0.4, 0.5) is 0 Å². The number of hydrogen-bond donors (Lipinski definition) is 3. The van der Waals surface area contributed by atoms with Crippen molar-refractivity contribution in [1.29, 1.82) is 0 Å². The Morgan fingerprint density at radius 2 is 2.57 bits per heavy atom. The van der Waals surface area contributed by atoms with Crippen LogP contribution in [0.1, 0.15) is 0 Å². The summed E-state index contributed by atoms with van der Waals surface area (Å²) in [4.78, 5) is 0. The molecule has 0 aromatic carbocycles. The van der Waals surface area contributed by atoms with Gasteiger partial charge in [-0.2, -0.15) is 0 Å². The molecule has 14 heavy (non-hydrogen) atoms. The minimum absolute atomic E-state index is 0.265. The van der Waals surface area contributed by atoms with Crippen LogP contribution in [0.3, 0.4) is 0 Å². The van der Waals surface area contributed by atoms with E-state index in [1.807, 2.05) is 6.08 Å². The van der Waals surface area contributed by atoms with Crippen LogP contribution in [0.2, 0.25) is 0 Å². The summed E-state index contributed by atoms with van der Waals surface area (Å²) in [7, 11) is -1.39. The molecule has 1 aliphatic heterocycles. The number of rotatable bonds is 4. The maximum Gasteiger partial charge on any atom is 0.735 e. The van der Waals surface area contributed by atoms with E-state index in [0.717, 1.165) is 0 Å². The van der Waals surface area contributed by atoms with Gasteiger partial charge in [-0.15, -0.1) is 5.10 Å². The Labute approximate surface area is 80.4 Å². The molecule has 7 nitrogen and oxygen atoms in total. The lowest BCUT2D eigenvalue weighted by atomic mass is 10.2. The van der Waals surface area contributed by atoms with Crippen molar-refractivity contribution < 1.29 is 14.4 Å². The molecule has 0 radical (unpaired) electrons. The first-order chi connectivity index (χ1) is 6.84. The topological polar surface area (TPSA) is 82.6 Å². The maximum absolute atomic E-state index is 9.27. The van der Waals surface area contributed by atoms with Gasteiger partial charge in [0.1, 0.15) is 0 Å². The van der Waals surface area contributed by atoms with Gasteiger partial charge < -0.3 is 9.68 Å². The van der Waals surface area contributed by atoms with Gasteiger partial charge in [0, 0.05) is 25.0 Å². The van der Waals surface area contributed by atoms with E-state index in [1.54, 1.807) is 18.5 Å². The first-order valence-electron chi connectivity index (χ1n) is 4.05. The second-order valence-electron chi connectivity index (χ2n) is 2.52. The highest BCUT2D eigenvalue weighted by molar-refractivity contribution is 6.35. The van der Waals surface area contributed by atoms with Crippen molar-refractivity contribution in [2.75, 3.05) is 6.54 Å². The number of hydroxylamine groups is 1. The van der Waals surface area contributed by atoms with Gasteiger partial charge in [-0.25, -0.2) is 15.4 Å². The minimum Gasteiger partial charge on any atom is -0.495 e. The predicted octanol–water partition coefficient (Wildman–Crippen LogP) is -0.969. The molecule has 8 heteroatoms. The summed E-state index contributed by atoms with van der Waals surface area (Å²) in [6.45, 7) is 0.662. The second-order valence-corrected chi connectivity index (χ2v) is 2.52. The SMILES string of the molecule is OB(Oc1cc[nH]n1)ON1C=CCN1. The van der Waals surface area contributed by atoms with Crippen molar-refractivity contribution in [3.05, 3.63) is 24.5 Å². The number of aromatic amines is 1. The number of hydrazine groups is 1. The first kappa shape index (κ1) is 9.07. The second kappa shape index (κ2) is 4.14. The normalized spacial score (nSPS) is 14.8. The van der Waals surface area contributed by atoms with E-state index in [1.165, 1.54) is 5.17 Å². The Morgan fingerprint density at radius 1 is 1.64 bits per heavy atom. The van der Waals surface area contributed by atoms with E-state index in [-0.39, 0.29) is 5.88 Å². The molecule has 3 N–H and O–H groups in total. The highest BCUT2D eigenvalue weighted by atomic mass is 16.8. The Bertz CT molecular complexity index is 304. The van der Waals surface area contributed by atoms with Crippen LogP contribution in [-0.4, -0.2) is 34.3 Å². The Morgan fingerprint density at radius 3 is 3.21 bits per heavy atom. The molecule has 0 amide bonds. The van der Waals surface area contributed by atoms with E-state index < -0.39 is 7.32 Å². The van der Waals surface area contributed by atoms with E-state index in [0.29, 0.717) is 6.54 Å². The molecule has 0 bridgehead atoms. The van der Waals surface area contributed by atoms with Gasteiger partial charge in [0.15, 0.2) is 0 Å². The molecule has 0 aliphatic carbocycles. The smallest absolute Gasteiger partial charge is 0.495 e. The fourth-order valence-electron chi connectivity index (χ4n) is 0.951. The lowest BCUT2D eigenvalue weighted by Gasteiger charge is -2.16. The molecular weight excluding hydrogens is 187 g/mol. The van der Waals surface area contributed by atoms with Gasteiger partial charge in [0.05, 0.1) is 0 Å². The highest BCUT2D eigenvalue weighted by Gasteiger charge is 2.23. The summed E-state index contributed by atoms with van der Waals surface area (Å²) in [5.74, 6) is 0.265. The third-order valence-electron chi connectivity index (χ3n) is 1.51. The van der Waals surface area contributed by atoms with E-state index in [4.69, 9.17) is 9.41 Å². The zero-order valence-electron chi connectivity index (χ0n) is 7.25. The minimum atomic E-state index is -1.39. The van der Waals surface area contributed by atoms with Crippen LogP contribution in [-0.2, 0) is 4.76 Å². The van der Waals surface area contributed by atoms with Gasteiger partial charge in [0.25, 0.3) is 0 Å². The standard InChI is InChI=1S/C6H9BN4O3/c12-7(13-6-2-4-8-10-6)14-11-5-1-3-9-11/h1-2,4-5,9,12H,3H2,(H,8,10). The van der Waals surface area contributed by atoms with Crippen molar-refractivity contribution in [2.24, 2.45) is 0 Å². The molecule has 2 heterocycles. The summed E-state index contributed by atoms with van der Waals surface area (Å²) >= 11 is 0. The molecule has 0 spiro atoms. The van der Waals surface area contributed by atoms with Crippen LogP contribution >= 0.6 is 0 Å². The van der Waals surface area contributed by atoms with Gasteiger partial charge in [-0.05, 0) is 6.08 Å². The van der Waals surface area contributed by atoms with Crippen molar-refractivity contribution in [1.82, 2.24) is 20.8 Å². The van der Waals surface area contributed by atoms with E-state index >= 15 is 0 Å². The summed E-state index contributed by atoms with van der Waals surface area (Å²) in [5.41, 5.74) is 2.80. The number of H-pyrrole nitrogens is 1. The van der Waals surface area contributed by atoms with Gasteiger partial charge in [0.2, 0.25) is 5.88 Å². The third-order valence-corrected chi connectivity index (χ3v) is 1.51. The van der Waals surface area contributed by atoms with Crippen molar-refractivity contribution >= 4 is 7.32 Å². The fourth-order valence-corrected chi connectivity index (χ4v) is 0.951. The molecule has 74 valence electrons. The predicted molar refractivity (Wildman–Crippen MR) is 47.3 cm³/mol. The molecule has 0 atom stereocenters. The average molecular weight is 196 g/mol. The molecule has 1 aliphatic rings. The number of nitrogens with one attached hydrogen (secondary N) is 2. The van der Waals surface area contributed by atoms with Crippen LogP contribution in [0, 0.1) is 0 Å². The molecule has 2 rings (SSSR count). The van der Waals surface area contributed by atoms with Gasteiger partial charge in [-0.1, -0.05) is 0 Å². The summed E-state index contributed by atoms with van der Waals surface area (Å²) in [6.07, 6.45) is 5.05. The zero-order chi connectivity index (χ0) is 9.80. The summed E-state index contributed by atoms with van der Waals surface area (Å²) in [5, 5.41) is 16.8. The van der Waals surface area contributed by atoms with E-state index in [9.17, 15) is 5.02 Å². The highest BCUT2D eigenvalue weighted by Crippen LogP contribution is 2.04. The number of nitrogens with zero attached hydrogens (tertiary/aromatic N) is 2. The van der Waals surface area contributed by atoms with Gasteiger partial charge in [-0.3, -0.25) is 5.10 Å². The zero-order valence-corrected chi connectivity index (χ0v) is 7.25. The Balaban J connectivity index is 1.78. The van der Waals surface area contributed by atoms with Crippen LogP contribution < -0.4 is 10.1 Å². The molecule has 0 unspecified atom stereocenters. The molecule has 1 aromatic heterocycles. The molecule has 0 saturated carbocycles. The largest absolute Gasteiger partial charge is 0.735 e. The molecule has 0 saturated heterocycles. The number of hydrogen-bond acceptors (Lipinski definition) is 6. The Hall–Kier alpha value is -1.51. The third kappa shape index (κ3) is 2.25. The average Bonchev–Trinajstić information content (AvgIpc) is 2.76. The van der Waals surface area contributed by atoms with Crippen molar-refractivity contribution in [3.8, 4) is 5.88 Å². The lowest BCUT2D eigenvalue weighted by molar-refractivity contribution is -0.0802. The van der Waals surface area contributed by atoms with Crippen LogP contribution in [0.25, 0.3) is 0 Å². The van der Waals surface area contributed by atoms with Gasteiger partial charge >= 0.3 is 7.32 Å². The fraction of sp³-hybridized carbons (Fsp3) is 0.167.